The van der Waals surface area contributed by atoms with E-state index in [-0.39, 0.29) is 5.75 Å². The average molecular weight is 230 g/mol. The molecule has 0 radical (unpaired) electrons. The molecule has 4 heteroatoms. The van der Waals surface area contributed by atoms with Gasteiger partial charge in [-0.3, -0.25) is 0 Å². The molecule has 1 aromatic rings. The van der Waals surface area contributed by atoms with Gasteiger partial charge in [-0.05, 0) is 46.1 Å². The van der Waals surface area contributed by atoms with Crippen LogP contribution in [0.3, 0.4) is 0 Å². The number of aromatic hydroxyl groups is 1. The summed E-state index contributed by atoms with van der Waals surface area (Å²) in [4.78, 5) is 0. The maximum atomic E-state index is 9.35. The Morgan fingerprint density at radius 1 is 1.50 bits per heavy atom. The third-order valence-corrected chi connectivity index (χ3v) is 2.09. The monoisotopic (exact) mass is 229 g/mol. The van der Waals surface area contributed by atoms with E-state index in [0.29, 0.717) is 4.47 Å². The third kappa shape index (κ3) is 1.76. The lowest BCUT2D eigenvalue weighted by atomic mass is 10.1. The number of phenols is 1. The van der Waals surface area contributed by atoms with Gasteiger partial charge in [-0.15, -0.1) is 0 Å². The fourth-order valence-corrected chi connectivity index (χ4v) is 1.48. The SMILES string of the molecule is Cc1cc(C=NO)cc(Br)c1O. The maximum absolute atomic E-state index is 9.35. The lowest BCUT2D eigenvalue weighted by Crippen LogP contribution is -1.84. The van der Waals surface area contributed by atoms with E-state index >= 15 is 0 Å². The fourth-order valence-electron chi connectivity index (χ4n) is 0.904. The number of halogens is 1. The molecule has 0 atom stereocenters. The second-order valence-electron chi connectivity index (χ2n) is 2.41. The molecular weight excluding hydrogens is 222 g/mol. The van der Waals surface area contributed by atoms with Crippen LogP contribution in [0.5, 0.6) is 5.75 Å². The van der Waals surface area contributed by atoms with Crippen molar-refractivity contribution in [3.05, 3.63) is 27.7 Å². The van der Waals surface area contributed by atoms with Crippen LogP contribution >= 0.6 is 15.9 Å². The maximum Gasteiger partial charge on any atom is 0.132 e. The summed E-state index contributed by atoms with van der Waals surface area (Å²) < 4.78 is 0.595. The molecule has 1 rings (SSSR count). The first-order valence-electron chi connectivity index (χ1n) is 3.31. The standard InChI is InChI=1S/C8H8BrNO2/c1-5-2-6(4-10-12)3-7(9)8(5)11/h2-4,11-12H,1H3. The van der Waals surface area contributed by atoms with Gasteiger partial charge >= 0.3 is 0 Å². The van der Waals surface area contributed by atoms with Crippen LogP contribution in [0.25, 0.3) is 0 Å². The molecule has 2 N–H and O–H groups in total. The fraction of sp³-hybridized carbons (Fsp3) is 0.125. The molecule has 0 heterocycles. The Morgan fingerprint density at radius 3 is 2.67 bits per heavy atom. The van der Waals surface area contributed by atoms with E-state index in [1.807, 2.05) is 0 Å². The Kier molecular flexibility index (Phi) is 2.70. The summed E-state index contributed by atoms with van der Waals surface area (Å²) in [6.07, 6.45) is 1.30. The lowest BCUT2D eigenvalue weighted by molar-refractivity contribution is 0.322. The zero-order chi connectivity index (χ0) is 9.14. The van der Waals surface area contributed by atoms with Gasteiger partial charge in [0.1, 0.15) is 5.75 Å². The number of hydrogen-bond donors (Lipinski definition) is 2. The molecule has 0 amide bonds. The predicted octanol–water partition coefficient (Wildman–Crippen LogP) is 2.27. The lowest BCUT2D eigenvalue weighted by Gasteiger charge is -2.02. The van der Waals surface area contributed by atoms with Crippen molar-refractivity contribution in [2.75, 3.05) is 0 Å². The summed E-state index contributed by atoms with van der Waals surface area (Å²) in [7, 11) is 0. The Hall–Kier alpha value is -1.03. The Balaban J connectivity index is 3.21. The highest BCUT2D eigenvalue weighted by Gasteiger charge is 2.02. The summed E-state index contributed by atoms with van der Waals surface area (Å²) in [6.45, 7) is 1.77. The number of oxime groups is 1. The van der Waals surface area contributed by atoms with Gasteiger partial charge in [0.25, 0.3) is 0 Å². The van der Waals surface area contributed by atoms with E-state index < -0.39 is 0 Å². The minimum Gasteiger partial charge on any atom is -0.506 e. The summed E-state index contributed by atoms with van der Waals surface area (Å²) in [5, 5.41) is 20.5. The zero-order valence-electron chi connectivity index (χ0n) is 6.45. The van der Waals surface area contributed by atoms with Crippen LogP contribution in [0, 0.1) is 6.92 Å². The van der Waals surface area contributed by atoms with Crippen molar-refractivity contribution in [3.8, 4) is 5.75 Å². The van der Waals surface area contributed by atoms with Gasteiger partial charge in [0.2, 0.25) is 0 Å². The van der Waals surface area contributed by atoms with E-state index in [1.54, 1.807) is 19.1 Å². The minimum absolute atomic E-state index is 0.213. The molecule has 0 fully saturated rings. The van der Waals surface area contributed by atoms with Gasteiger partial charge in [0.05, 0.1) is 10.7 Å². The van der Waals surface area contributed by atoms with Crippen molar-refractivity contribution in [1.82, 2.24) is 0 Å². The molecule has 0 unspecified atom stereocenters. The van der Waals surface area contributed by atoms with Crippen LogP contribution in [0.15, 0.2) is 21.8 Å². The Bertz CT molecular complexity index is 300. The topological polar surface area (TPSA) is 52.8 Å². The smallest absolute Gasteiger partial charge is 0.132 e. The van der Waals surface area contributed by atoms with E-state index in [4.69, 9.17) is 5.21 Å². The van der Waals surface area contributed by atoms with E-state index in [0.717, 1.165) is 11.1 Å². The molecule has 0 bridgehead atoms. The molecule has 0 saturated heterocycles. The van der Waals surface area contributed by atoms with Crippen LogP contribution in [0.1, 0.15) is 11.1 Å². The second kappa shape index (κ2) is 3.58. The summed E-state index contributed by atoms with van der Waals surface area (Å²) in [6, 6.07) is 3.39. The van der Waals surface area contributed by atoms with Crippen molar-refractivity contribution in [3.63, 3.8) is 0 Å². The molecule has 3 nitrogen and oxygen atoms in total. The van der Waals surface area contributed by atoms with Crippen LogP contribution in [-0.2, 0) is 0 Å². The number of hydrogen-bond acceptors (Lipinski definition) is 3. The normalized spacial score (nSPS) is 10.8. The minimum atomic E-state index is 0.213. The first kappa shape index (κ1) is 9.06. The molecule has 12 heavy (non-hydrogen) atoms. The molecule has 0 aromatic heterocycles. The molecule has 0 aliphatic rings. The van der Waals surface area contributed by atoms with Crippen LogP contribution in [-0.4, -0.2) is 16.5 Å². The van der Waals surface area contributed by atoms with E-state index in [1.165, 1.54) is 6.21 Å². The van der Waals surface area contributed by atoms with Gasteiger partial charge in [-0.1, -0.05) is 5.16 Å². The van der Waals surface area contributed by atoms with Gasteiger partial charge < -0.3 is 10.3 Å². The van der Waals surface area contributed by atoms with Crippen molar-refractivity contribution in [2.45, 2.75) is 6.92 Å². The highest BCUT2D eigenvalue weighted by atomic mass is 79.9. The van der Waals surface area contributed by atoms with Gasteiger partial charge in [0.15, 0.2) is 0 Å². The molecule has 0 aliphatic carbocycles. The Morgan fingerprint density at radius 2 is 2.17 bits per heavy atom. The molecule has 64 valence electrons. The highest BCUT2D eigenvalue weighted by molar-refractivity contribution is 9.10. The summed E-state index contributed by atoms with van der Waals surface area (Å²) >= 11 is 3.17. The quantitative estimate of drug-likeness (QED) is 0.441. The van der Waals surface area contributed by atoms with Crippen LogP contribution in [0.4, 0.5) is 0 Å². The third-order valence-electron chi connectivity index (χ3n) is 1.48. The highest BCUT2D eigenvalue weighted by Crippen LogP contribution is 2.28. The predicted molar refractivity (Wildman–Crippen MR) is 49.9 cm³/mol. The number of nitrogens with zero attached hydrogens (tertiary/aromatic N) is 1. The van der Waals surface area contributed by atoms with Gasteiger partial charge in [-0.2, -0.15) is 0 Å². The van der Waals surface area contributed by atoms with Gasteiger partial charge in [0, 0.05) is 0 Å². The number of rotatable bonds is 1. The van der Waals surface area contributed by atoms with E-state index in [9.17, 15) is 5.11 Å². The molecule has 0 saturated carbocycles. The molecular formula is C8H8BrNO2. The number of benzene rings is 1. The van der Waals surface area contributed by atoms with Crippen molar-refractivity contribution < 1.29 is 10.3 Å². The number of phenolic OH excluding ortho intramolecular Hbond substituents is 1. The first-order valence-corrected chi connectivity index (χ1v) is 4.11. The Labute approximate surface area is 78.5 Å². The van der Waals surface area contributed by atoms with Gasteiger partial charge in [-0.25, -0.2) is 0 Å². The average Bonchev–Trinajstić information content (AvgIpc) is 2.01. The largest absolute Gasteiger partial charge is 0.506 e. The van der Waals surface area contributed by atoms with Crippen molar-refractivity contribution in [2.24, 2.45) is 5.16 Å². The summed E-state index contributed by atoms with van der Waals surface area (Å²) in [5.41, 5.74) is 1.47. The van der Waals surface area contributed by atoms with E-state index in [2.05, 4.69) is 21.1 Å². The number of aryl methyl sites for hydroxylation is 1. The molecule has 1 aromatic carbocycles. The zero-order valence-corrected chi connectivity index (χ0v) is 8.04. The van der Waals surface area contributed by atoms with Crippen LogP contribution < -0.4 is 0 Å². The first-order chi connectivity index (χ1) is 5.65. The van der Waals surface area contributed by atoms with Crippen molar-refractivity contribution >= 4 is 22.1 Å². The second-order valence-corrected chi connectivity index (χ2v) is 3.27. The van der Waals surface area contributed by atoms with Crippen molar-refractivity contribution in [1.29, 1.82) is 0 Å². The molecule has 0 aliphatic heterocycles. The molecule has 0 spiro atoms. The van der Waals surface area contributed by atoms with Crippen LogP contribution in [0.2, 0.25) is 0 Å². The summed E-state index contributed by atoms with van der Waals surface area (Å²) in [5.74, 6) is 0.213.